The second-order valence-corrected chi connectivity index (χ2v) is 6.04. The van der Waals surface area contributed by atoms with Crippen molar-refractivity contribution in [1.82, 2.24) is 10.7 Å². The number of guanidine groups is 1. The largest absolute Gasteiger partial charge is 0.478 e. The Hall–Kier alpha value is -4.08. The number of hydrazone groups is 1. The quantitative estimate of drug-likeness (QED) is 0.431. The van der Waals surface area contributed by atoms with Crippen LogP contribution in [-0.2, 0) is 9.59 Å². The van der Waals surface area contributed by atoms with E-state index in [4.69, 9.17) is 5.11 Å². The molecule has 2 amide bonds. The second-order valence-electron chi connectivity index (χ2n) is 6.04. The minimum atomic E-state index is -1.07. The molecule has 2 aromatic rings. The summed E-state index contributed by atoms with van der Waals surface area (Å²) in [5, 5.41) is 17.8. The summed E-state index contributed by atoms with van der Waals surface area (Å²) in [6.45, 7) is 0. The van der Waals surface area contributed by atoms with Crippen molar-refractivity contribution in [2.24, 2.45) is 10.1 Å². The highest BCUT2D eigenvalue weighted by atomic mass is 19.1. The molecule has 2 aromatic carbocycles. The number of carboxylic acid groups (broad SMARTS) is 1. The Morgan fingerprint density at radius 3 is 2.52 bits per heavy atom. The summed E-state index contributed by atoms with van der Waals surface area (Å²) in [5.74, 6) is -2.24. The Balaban J connectivity index is 1.53. The summed E-state index contributed by atoms with van der Waals surface area (Å²) in [7, 11) is 0. The fourth-order valence-corrected chi connectivity index (χ4v) is 2.44. The van der Waals surface area contributed by atoms with E-state index >= 15 is 0 Å². The zero-order chi connectivity index (χ0) is 20.8. The molecule has 4 N–H and O–H groups in total. The maximum Gasteiger partial charge on any atom is 0.335 e. The van der Waals surface area contributed by atoms with Crippen molar-refractivity contribution in [3.05, 3.63) is 65.5 Å². The van der Waals surface area contributed by atoms with Crippen LogP contribution < -0.4 is 16.1 Å². The summed E-state index contributed by atoms with van der Waals surface area (Å²) < 4.78 is 12.8. The Bertz CT molecular complexity index is 987. The molecule has 0 fully saturated rings. The number of carbonyl (C=O) groups is 3. The van der Waals surface area contributed by atoms with E-state index in [9.17, 15) is 18.8 Å². The van der Waals surface area contributed by atoms with Gasteiger partial charge in [0.05, 0.1) is 18.2 Å². The number of hydrogen-bond donors (Lipinski definition) is 4. The van der Waals surface area contributed by atoms with Gasteiger partial charge in [-0.2, -0.15) is 5.10 Å². The molecule has 0 bridgehead atoms. The van der Waals surface area contributed by atoms with E-state index in [1.54, 1.807) is 0 Å². The van der Waals surface area contributed by atoms with Gasteiger partial charge >= 0.3 is 5.97 Å². The summed E-state index contributed by atoms with van der Waals surface area (Å²) in [5.41, 5.74) is 3.70. The lowest BCUT2D eigenvalue weighted by Crippen LogP contribution is -2.35. The number of hydrogen-bond acceptors (Lipinski definition) is 6. The van der Waals surface area contributed by atoms with Gasteiger partial charge in [-0.25, -0.2) is 19.6 Å². The predicted octanol–water partition coefficient (Wildman–Crippen LogP) is 1.33. The number of benzene rings is 2. The van der Waals surface area contributed by atoms with Crippen LogP contribution in [-0.4, -0.2) is 41.1 Å². The minimum absolute atomic E-state index is 0.0944. The van der Waals surface area contributed by atoms with Crippen molar-refractivity contribution in [2.75, 3.05) is 5.32 Å². The number of aliphatic imine (C=N–C) groups is 1. The molecule has 0 spiro atoms. The number of nitrogens with zero attached hydrogens (tertiary/aromatic N) is 2. The van der Waals surface area contributed by atoms with E-state index in [1.807, 2.05) is 0 Å². The first-order chi connectivity index (χ1) is 13.9. The van der Waals surface area contributed by atoms with Crippen molar-refractivity contribution < 1.29 is 23.9 Å². The lowest BCUT2D eigenvalue weighted by atomic mass is 10.2. The number of amides is 2. The van der Waals surface area contributed by atoms with Crippen molar-refractivity contribution >= 4 is 35.6 Å². The summed E-state index contributed by atoms with van der Waals surface area (Å²) in [4.78, 5) is 39.0. The van der Waals surface area contributed by atoms with E-state index < -0.39 is 23.8 Å². The van der Waals surface area contributed by atoms with Crippen molar-refractivity contribution in [1.29, 1.82) is 0 Å². The normalized spacial score (nSPS) is 15.7. The number of carbonyl (C=O) groups excluding carboxylic acids is 2. The first kappa shape index (κ1) is 19.7. The average Bonchev–Trinajstić information content (AvgIpc) is 3.03. The third-order valence-electron chi connectivity index (χ3n) is 3.88. The fraction of sp³-hybridized carbons (Fsp3) is 0.105. The third kappa shape index (κ3) is 5.45. The van der Waals surface area contributed by atoms with Crippen LogP contribution >= 0.6 is 0 Å². The molecule has 1 heterocycles. The van der Waals surface area contributed by atoms with Gasteiger partial charge in [0.15, 0.2) is 0 Å². The highest BCUT2D eigenvalue weighted by Gasteiger charge is 2.28. The van der Waals surface area contributed by atoms with Gasteiger partial charge in [0, 0.05) is 5.69 Å². The van der Waals surface area contributed by atoms with Crippen LogP contribution in [0.25, 0.3) is 0 Å². The van der Waals surface area contributed by atoms with Crippen molar-refractivity contribution in [3.8, 4) is 0 Å². The molecule has 0 saturated heterocycles. The molecule has 1 aliphatic heterocycles. The Morgan fingerprint density at radius 2 is 1.86 bits per heavy atom. The fourth-order valence-electron chi connectivity index (χ4n) is 2.44. The molecule has 1 atom stereocenters. The standard InChI is InChI=1S/C19H16FN5O4/c20-13-5-1-11(2-6-13)10-21-25-19-23-15(17(27)24-19)9-16(26)22-14-7-3-12(4-8-14)18(28)29/h1-8,10,15H,9H2,(H,22,26)(H,28,29)(H2,23,24,25,27). The van der Waals surface area contributed by atoms with Crippen LogP contribution in [0.2, 0.25) is 0 Å². The van der Waals surface area contributed by atoms with E-state index in [0.717, 1.165) is 0 Å². The molecule has 1 unspecified atom stereocenters. The van der Waals surface area contributed by atoms with Gasteiger partial charge in [-0.3, -0.25) is 14.9 Å². The third-order valence-corrected chi connectivity index (χ3v) is 3.88. The average molecular weight is 397 g/mol. The van der Waals surface area contributed by atoms with Crippen LogP contribution in [0.1, 0.15) is 22.3 Å². The molecule has 0 saturated carbocycles. The van der Waals surface area contributed by atoms with Crippen LogP contribution in [0.4, 0.5) is 10.1 Å². The van der Waals surface area contributed by atoms with Gasteiger partial charge < -0.3 is 10.4 Å². The molecule has 0 aliphatic carbocycles. The molecule has 10 heteroatoms. The van der Waals surface area contributed by atoms with Gasteiger partial charge in [0.1, 0.15) is 11.9 Å². The van der Waals surface area contributed by atoms with E-state index in [0.29, 0.717) is 11.3 Å². The number of rotatable bonds is 6. The first-order valence-electron chi connectivity index (χ1n) is 8.47. The van der Waals surface area contributed by atoms with Gasteiger partial charge in [-0.1, -0.05) is 12.1 Å². The lowest BCUT2D eigenvalue weighted by molar-refractivity contribution is -0.123. The second kappa shape index (κ2) is 8.74. The monoisotopic (exact) mass is 397 g/mol. The van der Waals surface area contributed by atoms with Crippen molar-refractivity contribution in [3.63, 3.8) is 0 Å². The number of nitrogens with one attached hydrogen (secondary N) is 3. The molecule has 9 nitrogen and oxygen atoms in total. The van der Waals surface area contributed by atoms with E-state index in [1.165, 1.54) is 54.7 Å². The first-order valence-corrected chi connectivity index (χ1v) is 8.47. The number of halogens is 1. The summed E-state index contributed by atoms with van der Waals surface area (Å²) in [6, 6.07) is 10.4. The predicted molar refractivity (Wildman–Crippen MR) is 103 cm³/mol. The van der Waals surface area contributed by atoms with Crippen LogP contribution in [0, 0.1) is 5.82 Å². The van der Waals surface area contributed by atoms with E-state index in [-0.39, 0.29) is 23.8 Å². The van der Waals surface area contributed by atoms with Gasteiger partial charge in [0.25, 0.3) is 5.91 Å². The molecule has 0 aromatic heterocycles. The number of anilines is 1. The minimum Gasteiger partial charge on any atom is -0.478 e. The molecule has 3 rings (SSSR count). The topological polar surface area (TPSA) is 132 Å². The molecule has 0 radical (unpaired) electrons. The molecule has 148 valence electrons. The lowest BCUT2D eigenvalue weighted by Gasteiger charge is -2.07. The smallest absolute Gasteiger partial charge is 0.335 e. The van der Waals surface area contributed by atoms with Crippen LogP contribution in [0.15, 0.2) is 58.6 Å². The maximum absolute atomic E-state index is 12.8. The Labute approximate surface area is 164 Å². The zero-order valence-electron chi connectivity index (χ0n) is 14.9. The highest BCUT2D eigenvalue weighted by Crippen LogP contribution is 2.12. The zero-order valence-corrected chi connectivity index (χ0v) is 14.9. The molecular formula is C19H16FN5O4. The van der Waals surface area contributed by atoms with Crippen LogP contribution in [0.3, 0.4) is 0 Å². The molecular weight excluding hydrogens is 381 g/mol. The van der Waals surface area contributed by atoms with Gasteiger partial charge in [0.2, 0.25) is 11.9 Å². The van der Waals surface area contributed by atoms with E-state index in [2.05, 4.69) is 26.2 Å². The van der Waals surface area contributed by atoms with Gasteiger partial charge in [-0.15, -0.1) is 0 Å². The summed E-state index contributed by atoms with van der Waals surface area (Å²) >= 11 is 0. The maximum atomic E-state index is 12.8. The highest BCUT2D eigenvalue weighted by molar-refractivity contribution is 6.07. The number of aromatic carboxylic acids is 1. The molecule has 1 aliphatic rings. The van der Waals surface area contributed by atoms with Crippen LogP contribution in [0.5, 0.6) is 0 Å². The molecule has 29 heavy (non-hydrogen) atoms. The summed E-state index contributed by atoms with van der Waals surface area (Å²) in [6.07, 6.45) is 1.23. The SMILES string of the molecule is O=C(CC1N=C(NN=Cc2ccc(F)cc2)NC1=O)Nc1ccc(C(=O)O)cc1. The van der Waals surface area contributed by atoms with Gasteiger partial charge in [-0.05, 0) is 42.0 Å². The Kier molecular flexibility index (Phi) is 5.93. The number of carboxylic acids is 1. The Morgan fingerprint density at radius 1 is 1.17 bits per heavy atom. The van der Waals surface area contributed by atoms with Crippen molar-refractivity contribution in [2.45, 2.75) is 12.5 Å².